The number of sulfonamides is 1. The molecule has 0 atom stereocenters. The van der Waals surface area contributed by atoms with Gasteiger partial charge in [-0.15, -0.1) is 11.3 Å². The van der Waals surface area contributed by atoms with Crippen LogP contribution in [0.4, 0.5) is 0 Å². The van der Waals surface area contributed by atoms with Crippen molar-refractivity contribution in [3.05, 3.63) is 82.0 Å². The molecule has 0 saturated carbocycles. The number of piperazine rings is 1. The molecule has 0 aliphatic carbocycles. The molecule has 1 aliphatic heterocycles. The number of para-hydroxylation sites is 1. The molecule has 0 unspecified atom stereocenters. The summed E-state index contributed by atoms with van der Waals surface area (Å²) >= 11 is 1.47. The van der Waals surface area contributed by atoms with Gasteiger partial charge in [-0.05, 0) is 47.8 Å². The molecule has 1 fully saturated rings. The predicted octanol–water partition coefficient (Wildman–Crippen LogP) is 2.53. The van der Waals surface area contributed by atoms with Crippen LogP contribution in [0, 0.1) is 0 Å². The Morgan fingerprint density at radius 1 is 0.879 bits per heavy atom. The van der Waals surface area contributed by atoms with Gasteiger partial charge < -0.3 is 14.9 Å². The summed E-state index contributed by atoms with van der Waals surface area (Å²) < 4.78 is 27.5. The van der Waals surface area contributed by atoms with Gasteiger partial charge in [-0.1, -0.05) is 18.2 Å². The van der Waals surface area contributed by atoms with E-state index in [4.69, 9.17) is 0 Å². The second-order valence-electron chi connectivity index (χ2n) is 7.53. The number of carbonyl (C=O) groups is 2. The number of thiophene rings is 1. The fourth-order valence-corrected chi connectivity index (χ4v) is 5.30. The first-order valence-electron chi connectivity index (χ1n) is 10.3. The number of nitrogens with zero attached hydrogens (tertiary/aromatic N) is 2. The van der Waals surface area contributed by atoms with E-state index in [0.29, 0.717) is 31.7 Å². The van der Waals surface area contributed by atoms with Crippen LogP contribution in [0.1, 0.15) is 25.6 Å². The number of benzene rings is 2. The van der Waals surface area contributed by atoms with E-state index in [2.05, 4.69) is 4.72 Å². The largest absolute Gasteiger partial charge is 0.507 e. The number of nitrogens with one attached hydrogen (secondary N) is 1. The summed E-state index contributed by atoms with van der Waals surface area (Å²) in [7, 11) is -3.68. The molecule has 2 amide bonds. The van der Waals surface area contributed by atoms with Crippen LogP contribution in [0.25, 0.3) is 0 Å². The minimum Gasteiger partial charge on any atom is -0.507 e. The standard InChI is InChI=1S/C23H23N3O5S2/c27-21-6-2-1-5-20(21)23(29)26-13-11-25(12-14-26)22(28)17-7-9-19(10-8-17)33(30,31)24-16-18-4-3-15-32-18/h1-10,15,24,27H,11-14,16H2. The van der Waals surface area contributed by atoms with Crippen LogP contribution < -0.4 is 4.72 Å². The van der Waals surface area contributed by atoms with Gasteiger partial charge in [0, 0.05) is 43.2 Å². The zero-order chi connectivity index (χ0) is 23.4. The van der Waals surface area contributed by atoms with E-state index in [1.165, 1.54) is 41.7 Å². The monoisotopic (exact) mass is 485 g/mol. The van der Waals surface area contributed by atoms with Crippen LogP contribution in [-0.4, -0.2) is 61.3 Å². The van der Waals surface area contributed by atoms with Gasteiger partial charge in [-0.25, -0.2) is 13.1 Å². The summed E-state index contributed by atoms with van der Waals surface area (Å²) in [6.07, 6.45) is 0. The molecule has 1 saturated heterocycles. The number of rotatable bonds is 6. The van der Waals surface area contributed by atoms with E-state index in [1.807, 2.05) is 17.5 Å². The van der Waals surface area contributed by atoms with Crippen molar-refractivity contribution in [2.45, 2.75) is 11.4 Å². The van der Waals surface area contributed by atoms with Gasteiger partial charge >= 0.3 is 0 Å². The molecule has 8 nitrogen and oxygen atoms in total. The lowest BCUT2D eigenvalue weighted by Crippen LogP contribution is -2.50. The highest BCUT2D eigenvalue weighted by Crippen LogP contribution is 2.20. The first kappa shape index (κ1) is 23.0. The van der Waals surface area contributed by atoms with E-state index in [9.17, 15) is 23.1 Å². The van der Waals surface area contributed by atoms with Crippen molar-refractivity contribution in [1.29, 1.82) is 0 Å². The van der Waals surface area contributed by atoms with E-state index in [1.54, 1.807) is 28.0 Å². The summed E-state index contributed by atoms with van der Waals surface area (Å²) in [6.45, 7) is 1.60. The van der Waals surface area contributed by atoms with Crippen molar-refractivity contribution in [1.82, 2.24) is 14.5 Å². The Bertz CT molecular complexity index is 1230. The summed E-state index contributed by atoms with van der Waals surface area (Å²) in [5.74, 6) is -0.564. The second-order valence-corrected chi connectivity index (χ2v) is 10.3. The molecular formula is C23H23N3O5S2. The van der Waals surface area contributed by atoms with Gasteiger partial charge in [-0.2, -0.15) is 0 Å². The maximum absolute atomic E-state index is 12.9. The highest BCUT2D eigenvalue weighted by atomic mass is 32.2. The number of amides is 2. The Morgan fingerprint density at radius 3 is 2.12 bits per heavy atom. The average molecular weight is 486 g/mol. The summed E-state index contributed by atoms with van der Waals surface area (Å²) in [4.78, 5) is 29.7. The third kappa shape index (κ3) is 5.24. The molecule has 2 heterocycles. The average Bonchev–Trinajstić information content (AvgIpc) is 3.36. The summed E-state index contributed by atoms with van der Waals surface area (Å²) in [6, 6.07) is 15.9. The van der Waals surface area contributed by atoms with Gasteiger partial charge in [0.1, 0.15) is 5.75 Å². The minimum atomic E-state index is -3.68. The van der Waals surface area contributed by atoms with Gasteiger partial charge in [0.25, 0.3) is 11.8 Å². The number of aromatic hydroxyl groups is 1. The van der Waals surface area contributed by atoms with Crippen molar-refractivity contribution in [2.75, 3.05) is 26.2 Å². The van der Waals surface area contributed by atoms with E-state index in [0.717, 1.165) is 4.88 Å². The number of hydrogen-bond acceptors (Lipinski definition) is 6. The van der Waals surface area contributed by atoms with Gasteiger partial charge in [0.05, 0.1) is 10.5 Å². The normalized spacial score (nSPS) is 14.3. The van der Waals surface area contributed by atoms with Crippen molar-refractivity contribution in [3.63, 3.8) is 0 Å². The molecule has 0 spiro atoms. The molecule has 0 radical (unpaired) electrons. The molecule has 172 valence electrons. The Morgan fingerprint density at radius 2 is 1.52 bits per heavy atom. The van der Waals surface area contributed by atoms with Gasteiger partial charge in [0.15, 0.2) is 0 Å². The Kier molecular flexibility index (Phi) is 6.77. The first-order valence-corrected chi connectivity index (χ1v) is 12.7. The molecule has 3 aromatic rings. The highest BCUT2D eigenvalue weighted by Gasteiger charge is 2.27. The molecule has 2 N–H and O–H groups in total. The third-order valence-corrected chi connectivity index (χ3v) is 7.71. The van der Waals surface area contributed by atoms with E-state index in [-0.39, 0.29) is 34.6 Å². The fraction of sp³-hybridized carbons (Fsp3) is 0.217. The quantitative estimate of drug-likeness (QED) is 0.558. The highest BCUT2D eigenvalue weighted by molar-refractivity contribution is 7.89. The third-order valence-electron chi connectivity index (χ3n) is 5.42. The maximum atomic E-state index is 12.9. The maximum Gasteiger partial charge on any atom is 0.257 e. The number of hydrogen-bond donors (Lipinski definition) is 2. The van der Waals surface area contributed by atoms with Crippen molar-refractivity contribution in [3.8, 4) is 5.75 Å². The topological polar surface area (TPSA) is 107 Å². The number of carbonyl (C=O) groups excluding carboxylic acids is 2. The van der Waals surface area contributed by atoms with Crippen molar-refractivity contribution in [2.24, 2.45) is 0 Å². The molecule has 33 heavy (non-hydrogen) atoms. The summed E-state index contributed by atoms with van der Waals surface area (Å²) in [5.41, 5.74) is 0.620. The molecule has 0 bridgehead atoms. The van der Waals surface area contributed by atoms with E-state index >= 15 is 0 Å². The molecule has 4 rings (SSSR count). The van der Waals surface area contributed by atoms with Crippen LogP contribution in [-0.2, 0) is 16.6 Å². The molecular weight excluding hydrogens is 462 g/mol. The Hall–Kier alpha value is -3.21. The minimum absolute atomic E-state index is 0.0686. The van der Waals surface area contributed by atoms with Crippen LogP contribution in [0.5, 0.6) is 5.75 Å². The second kappa shape index (κ2) is 9.74. The van der Waals surface area contributed by atoms with Crippen LogP contribution in [0.3, 0.4) is 0 Å². The van der Waals surface area contributed by atoms with E-state index < -0.39 is 10.0 Å². The number of phenolic OH excluding ortho intramolecular Hbond substituents is 1. The lowest BCUT2D eigenvalue weighted by molar-refractivity contribution is 0.0533. The summed E-state index contributed by atoms with van der Waals surface area (Å²) in [5, 5.41) is 11.8. The number of phenols is 1. The van der Waals surface area contributed by atoms with Gasteiger partial charge in [-0.3, -0.25) is 9.59 Å². The van der Waals surface area contributed by atoms with Crippen molar-refractivity contribution >= 4 is 33.2 Å². The zero-order valence-electron chi connectivity index (χ0n) is 17.7. The lowest BCUT2D eigenvalue weighted by Gasteiger charge is -2.35. The van der Waals surface area contributed by atoms with Crippen LogP contribution in [0.15, 0.2) is 70.9 Å². The lowest BCUT2D eigenvalue weighted by atomic mass is 10.1. The molecule has 1 aromatic heterocycles. The Labute approximate surface area is 196 Å². The Balaban J connectivity index is 1.35. The molecule has 2 aromatic carbocycles. The molecule has 10 heteroatoms. The van der Waals surface area contributed by atoms with Gasteiger partial charge in [0.2, 0.25) is 10.0 Å². The zero-order valence-corrected chi connectivity index (χ0v) is 19.3. The molecule has 1 aliphatic rings. The smallest absolute Gasteiger partial charge is 0.257 e. The predicted molar refractivity (Wildman–Crippen MR) is 125 cm³/mol. The van der Waals surface area contributed by atoms with Crippen LogP contribution in [0.2, 0.25) is 0 Å². The van der Waals surface area contributed by atoms with Crippen LogP contribution >= 0.6 is 11.3 Å². The fourth-order valence-electron chi connectivity index (χ4n) is 3.56. The first-order chi connectivity index (χ1) is 15.8. The van der Waals surface area contributed by atoms with Crippen molar-refractivity contribution < 1.29 is 23.1 Å². The SMILES string of the molecule is O=C(c1ccc(S(=O)(=O)NCc2cccs2)cc1)N1CCN(C(=O)c2ccccc2O)CC1.